The summed E-state index contributed by atoms with van der Waals surface area (Å²) in [5, 5.41) is 31.4. The zero-order valence-electron chi connectivity index (χ0n) is 17.8. The number of carbonyl (C=O) groups is 2. The van der Waals surface area contributed by atoms with Gasteiger partial charge < -0.3 is 25.5 Å². The molecule has 0 atom stereocenters. The molecule has 2 aromatic carbocycles. The highest BCUT2D eigenvalue weighted by Crippen LogP contribution is 2.35. The van der Waals surface area contributed by atoms with Crippen LogP contribution in [-0.4, -0.2) is 61.1 Å². The number of rotatable bonds is 3. The third-order valence-electron chi connectivity index (χ3n) is 5.77. The van der Waals surface area contributed by atoms with Crippen LogP contribution >= 0.6 is 0 Å². The average Bonchev–Trinajstić information content (AvgIpc) is 2.77. The molecule has 1 aromatic heterocycles. The molecule has 32 heavy (non-hydrogen) atoms. The van der Waals surface area contributed by atoms with Crippen LogP contribution in [0.2, 0.25) is 0 Å². The van der Waals surface area contributed by atoms with Gasteiger partial charge in [-0.1, -0.05) is 0 Å². The van der Waals surface area contributed by atoms with Gasteiger partial charge in [0.05, 0.1) is 22.4 Å². The minimum atomic E-state index is -0.668. The van der Waals surface area contributed by atoms with Crippen LogP contribution in [0.4, 0.5) is 0 Å². The molecule has 0 unspecified atom stereocenters. The van der Waals surface area contributed by atoms with E-state index in [1.165, 1.54) is 0 Å². The van der Waals surface area contributed by atoms with Gasteiger partial charge in [-0.3, -0.25) is 9.59 Å². The summed E-state index contributed by atoms with van der Waals surface area (Å²) in [5.74, 6) is -2.37. The molecular weight excluding hydrogens is 412 g/mol. The average molecular weight is 436 g/mol. The number of aromatic hydroxyl groups is 3. The number of benzene rings is 2. The number of hydrogen-bond acceptors (Lipinski definition) is 7. The summed E-state index contributed by atoms with van der Waals surface area (Å²) in [6.45, 7) is 4.74. The molecule has 1 saturated heterocycles. The summed E-state index contributed by atoms with van der Waals surface area (Å²) in [7, 11) is 0. The van der Waals surface area contributed by atoms with Gasteiger partial charge >= 0.3 is 0 Å². The Morgan fingerprint density at radius 3 is 2.12 bits per heavy atom. The fraction of sp³-hybridized carbons (Fsp3) is 0.304. The Balaban J connectivity index is 1.39. The van der Waals surface area contributed by atoms with Crippen LogP contribution in [0.5, 0.6) is 17.2 Å². The summed E-state index contributed by atoms with van der Waals surface area (Å²) in [6, 6.07) is 7.35. The smallest absolute Gasteiger partial charge is 0.253 e. The first-order chi connectivity index (χ1) is 15.2. The molecule has 9 heteroatoms. The maximum atomic E-state index is 13.0. The lowest BCUT2D eigenvalue weighted by Gasteiger charge is -2.32. The fourth-order valence-corrected chi connectivity index (χ4v) is 3.78. The SMILES string of the molecule is Cc1nc2ccc(C(=O)N3CCC(NC(=O)c4cc(O)c(O)c(O)c4)CC3)cc2nc1C. The summed E-state index contributed by atoms with van der Waals surface area (Å²) < 4.78 is 0. The number of nitrogens with one attached hydrogen (secondary N) is 1. The van der Waals surface area contributed by atoms with Gasteiger partial charge in [-0.05, 0) is 57.0 Å². The fourth-order valence-electron chi connectivity index (χ4n) is 3.78. The van der Waals surface area contributed by atoms with Gasteiger partial charge in [0.25, 0.3) is 11.8 Å². The van der Waals surface area contributed by atoms with E-state index in [0.29, 0.717) is 37.0 Å². The lowest BCUT2D eigenvalue weighted by molar-refractivity contribution is 0.0698. The molecule has 3 aromatic rings. The van der Waals surface area contributed by atoms with Gasteiger partial charge in [-0.25, -0.2) is 9.97 Å². The van der Waals surface area contributed by atoms with Crippen molar-refractivity contribution in [2.24, 2.45) is 0 Å². The molecule has 1 aliphatic rings. The molecule has 1 fully saturated rings. The zero-order valence-corrected chi connectivity index (χ0v) is 17.8. The first-order valence-electron chi connectivity index (χ1n) is 10.3. The number of phenols is 3. The number of likely N-dealkylation sites (tertiary alicyclic amines) is 1. The molecule has 0 saturated carbocycles. The van der Waals surface area contributed by atoms with E-state index >= 15 is 0 Å². The number of amides is 2. The number of fused-ring (bicyclic) bond motifs is 1. The van der Waals surface area contributed by atoms with Gasteiger partial charge in [0.2, 0.25) is 0 Å². The van der Waals surface area contributed by atoms with E-state index in [4.69, 9.17) is 0 Å². The Kier molecular flexibility index (Phi) is 5.56. The third kappa shape index (κ3) is 4.14. The molecule has 2 heterocycles. The second kappa shape index (κ2) is 8.33. The molecule has 0 radical (unpaired) electrons. The van der Waals surface area contributed by atoms with Crippen LogP contribution in [0.25, 0.3) is 11.0 Å². The monoisotopic (exact) mass is 436 g/mol. The summed E-state index contributed by atoms with van der Waals surface area (Å²) in [6.07, 6.45) is 1.14. The largest absolute Gasteiger partial charge is 0.504 e. The van der Waals surface area contributed by atoms with E-state index in [0.717, 1.165) is 29.0 Å². The van der Waals surface area contributed by atoms with Crippen molar-refractivity contribution in [1.29, 1.82) is 0 Å². The number of aryl methyl sites for hydroxylation is 2. The van der Waals surface area contributed by atoms with Crippen molar-refractivity contribution < 1.29 is 24.9 Å². The third-order valence-corrected chi connectivity index (χ3v) is 5.77. The van der Waals surface area contributed by atoms with Crippen molar-refractivity contribution in [2.75, 3.05) is 13.1 Å². The molecule has 0 aliphatic carbocycles. The van der Waals surface area contributed by atoms with Crippen LogP contribution in [-0.2, 0) is 0 Å². The Hall–Kier alpha value is -3.88. The Bertz CT molecular complexity index is 1200. The van der Waals surface area contributed by atoms with Crippen LogP contribution in [0, 0.1) is 13.8 Å². The molecule has 0 spiro atoms. The highest BCUT2D eigenvalue weighted by atomic mass is 16.3. The summed E-state index contributed by atoms with van der Waals surface area (Å²) in [5.41, 5.74) is 3.71. The van der Waals surface area contributed by atoms with Gasteiger partial charge in [0.1, 0.15) is 0 Å². The minimum Gasteiger partial charge on any atom is -0.504 e. The van der Waals surface area contributed by atoms with E-state index in [2.05, 4.69) is 15.3 Å². The predicted molar refractivity (Wildman–Crippen MR) is 117 cm³/mol. The predicted octanol–water partition coefficient (Wildman–Crippen LogP) is 2.40. The number of aromatic nitrogens is 2. The van der Waals surface area contributed by atoms with E-state index in [1.54, 1.807) is 23.1 Å². The molecule has 4 N–H and O–H groups in total. The van der Waals surface area contributed by atoms with Gasteiger partial charge in [0.15, 0.2) is 17.2 Å². The van der Waals surface area contributed by atoms with E-state index < -0.39 is 23.2 Å². The van der Waals surface area contributed by atoms with E-state index in [-0.39, 0.29) is 17.5 Å². The van der Waals surface area contributed by atoms with Crippen molar-refractivity contribution in [3.8, 4) is 17.2 Å². The van der Waals surface area contributed by atoms with Gasteiger partial charge in [-0.15, -0.1) is 0 Å². The number of piperidine rings is 1. The first kappa shape index (κ1) is 21.4. The number of hydrogen-bond donors (Lipinski definition) is 4. The Morgan fingerprint density at radius 1 is 0.906 bits per heavy atom. The van der Waals surface area contributed by atoms with Crippen molar-refractivity contribution >= 4 is 22.8 Å². The Labute approximate surface area is 184 Å². The maximum Gasteiger partial charge on any atom is 0.253 e. The molecule has 2 amide bonds. The second-order valence-corrected chi connectivity index (χ2v) is 8.00. The number of carbonyl (C=O) groups excluding carboxylic acids is 2. The standard InChI is InChI=1S/C23H24N4O5/c1-12-13(2)25-18-9-14(3-4-17(18)24-12)23(32)27-7-5-16(6-8-27)26-22(31)15-10-19(28)21(30)20(29)11-15/h3-4,9-11,16,28-30H,5-8H2,1-2H3,(H,26,31). The minimum absolute atomic E-state index is 0.0408. The van der Waals surface area contributed by atoms with Crippen LogP contribution in [0.3, 0.4) is 0 Å². The molecule has 1 aliphatic heterocycles. The van der Waals surface area contributed by atoms with Crippen molar-refractivity contribution in [3.63, 3.8) is 0 Å². The zero-order chi connectivity index (χ0) is 23.0. The van der Waals surface area contributed by atoms with Crippen molar-refractivity contribution in [1.82, 2.24) is 20.2 Å². The molecular formula is C23H24N4O5. The van der Waals surface area contributed by atoms with E-state index in [1.807, 2.05) is 13.8 Å². The summed E-state index contributed by atoms with van der Waals surface area (Å²) in [4.78, 5) is 36.2. The lowest BCUT2D eigenvalue weighted by atomic mass is 10.0. The van der Waals surface area contributed by atoms with Gasteiger partial charge in [-0.2, -0.15) is 0 Å². The number of phenolic OH excluding ortho intramolecular Hbond substituents is 3. The first-order valence-corrected chi connectivity index (χ1v) is 10.3. The van der Waals surface area contributed by atoms with Gasteiger partial charge in [0, 0.05) is 30.3 Å². The molecule has 4 rings (SSSR count). The quantitative estimate of drug-likeness (QED) is 0.463. The van der Waals surface area contributed by atoms with Crippen LogP contribution in [0.1, 0.15) is 44.9 Å². The van der Waals surface area contributed by atoms with Crippen LogP contribution < -0.4 is 5.32 Å². The van der Waals surface area contributed by atoms with Crippen molar-refractivity contribution in [2.45, 2.75) is 32.7 Å². The van der Waals surface area contributed by atoms with Crippen molar-refractivity contribution in [3.05, 3.63) is 52.8 Å². The highest BCUT2D eigenvalue weighted by molar-refractivity contribution is 5.97. The summed E-state index contributed by atoms with van der Waals surface area (Å²) >= 11 is 0. The normalized spacial score (nSPS) is 14.5. The maximum absolute atomic E-state index is 13.0. The van der Waals surface area contributed by atoms with E-state index in [9.17, 15) is 24.9 Å². The molecule has 9 nitrogen and oxygen atoms in total. The second-order valence-electron chi connectivity index (χ2n) is 8.00. The highest BCUT2D eigenvalue weighted by Gasteiger charge is 2.25. The topological polar surface area (TPSA) is 136 Å². The lowest BCUT2D eigenvalue weighted by Crippen LogP contribution is -2.46. The number of nitrogens with zero attached hydrogens (tertiary/aromatic N) is 3. The molecule has 0 bridgehead atoms. The molecule has 166 valence electrons. The van der Waals surface area contributed by atoms with Crippen LogP contribution in [0.15, 0.2) is 30.3 Å². The Morgan fingerprint density at radius 2 is 1.50 bits per heavy atom.